The average Bonchev–Trinajstić information content (AvgIpc) is 2.47. The fourth-order valence-corrected chi connectivity index (χ4v) is 2.39. The molecule has 0 aromatic carbocycles. The van der Waals surface area contributed by atoms with Gasteiger partial charge in [-0.25, -0.2) is 8.42 Å². The van der Waals surface area contributed by atoms with Gasteiger partial charge in [-0.1, -0.05) is 22.6 Å². The Morgan fingerprint density at radius 1 is 1.54 bits per heavy atom. The SMILES string of the molecule is CS(=O)(=O)c1cccn1CCCI. The zero-order chi connectivity index (χ0) is 9.90. The van der Waals surface area contributed by atoms with Gasteiger partial charge in [0.25, 0.3) is 0 Å². The summed E-state index contributed by atoms with van der Waals surface area (Å²) in [4.78, 5) is 0. The van der Waals surface area contributed by atoms with Crippen LogP contribution >= 0.6 is 22.6 Å². The van der Waals surface area contributed by atoms with Gasteiger partial charge in [0, 0.05) is 23.4 Å². The average molecular weight is 313 g/mol. The van der Waals surface area contributed by atoms with Crippen molar-refractivity contribution in [2.45, 2.75) is 18.0 Å². The lowest BCUT2D eigenvalue weighted by Gasteiger charge is -2.05. The number of rotatable bonds is 4. The highest BCUT2D eigenvalue weighted by Crippen LogP contribution is 2.10. The van der Waals surface area contributed by atoms with Crippen LogP contribution in [0.1, 0.15) is 6.42 Å². The Kier molecular flexibility index (Phi) is 3.78. The predicted octanol–water partition coefficient (Wildman–Crippen LogP) is 1.72. The summed E-state index contributed by atoms with van der Waals surface area (Å²) in [5.41, 5.74) is 0. The number of nitrogens with zero attached hydrogens (tertiary/aromatic N) is 1. The highest BCUT2D eigenvalue weighted by molar-refractivity contribution is 14.1. The number of hydrogen-bond donors (Lipinski definition) is 0. The van der Waals surface area contributed by atoms with Gasteiger partial charge in [0.2, 0.25) is 0 Å². The minimum atomic E-state index is -3.06. The molecule has 0 aliphatic carbocycles. The van der Waals surface area contributed by atoms with Crippen molar-refractivity contribution in [3.05, 3.63) is 18.3 Å². The molecule has 0 bridgehead atoms. The topological polar surface area (TPSA) is 39.1 Å². The van der Waals surface area contributed by atoms with Gasteiger partial charge >= 0.3 is 0 Å². The van der Waals surface area contributed by atoms with Crippen molar-refractivity contribution in [3.63, 3.8) is 0 Å². The number of alkyl halides is 1. The molecule has 0 radical (unpaired) electrons. The van der Waals surface area contributed by atoms with Gasteiger partial charge in [0.15, 0.2) is 9.84 Å². The molecule has 0 aliphatic rings. The van der Waals surface area contributed by atoms with Crippen molar-refractivity contribution in [2.24, 2.45) is 0 Å². The molecule has 0 aliphatic heterocycles. The molecule has 0 N–H and O–H groups in total. The van der Waals surface area contributed by atoms with Crippen molar-refractivity contribution in [1.29, 1.82) is 0 Å². The van der Waals surface area contributed by atoms with Crippen molar-refractivity contribution >= 4 is 32.4 Å². The first kappa shape index (κ1) is 11.0. The van der Waals surface area contributed by atoms with E-state index < -0.39 is 9.84 Å². The van der Waals surface area contributed by atoms with Crippen LogP contribution in [-0.2, 0) is 16.4 Å². The summed E-state index contributed by atoms with van der Waals surface area (Å²) >= 11 is 2.28. The number of hydrogen-bond acceptors (Lipinski definition) is 2. The fraction of sp³-hybridized carbons (Fsp3) is 0.500. The monoisotopic (exact) mass is 313 g/mol. The molecule has 0 saturated carbocycles. The zero-order valence-electron chi connectivity index (χ0n) is 7.40. The largest absolute Gasteiger partial charge is 0.339 e. The van der Waals surface area contributed by atoms with E-state index in [1.165, 1.54) is 6.26 Å². The molecule has 1 heterocycles. The van der Waals surface area contributed by atoms with Crippen molar-refractivity contribution in [3.8, 4) is 0 Å². The van der Waals surface area contributed by atoms with Crippen LogP contribution in [0.5, 0.6) is 0 Å². The van der Waals surface area contributed by atoms with Crippen LogP contribution < -0.4 is 0 Å². The van der Waals surface area contributed by atoms with Crippen molar-refractivity contribution in [2.75, 3.05) is 10.7 Å². The van der Waals surface area contributed by atoms with Crippen LogP contribution in [-0.4, -0.2) is 23.7 Å². The van der Waals surface area contributed by atoms with E-state index in [9.17, 15) is 8.42 Å². The summed E-state index contributed by atoms with van der Waals surface area (Å²) in [7, 11) is -3.06. The van der Waals surface area contributed by atoms with Crippen molar-refractivity contribution < 1.29 is 8.42 Å². The molecule has 0 fully saturated rings. The van der Waals surface area contributed by atoms with Gasteiger partial charge in [-0.2, -0.15) is 0 Å². The van der Waals surface area contributed by atoms with Crippen LogP contribution in [0.25, 0.3) is 0 Å². The van der Waals surface area contributed by atoms with Gasteiger partial charge < -0.3 is 4.57 Å². The van der Waals surface area contributed by atoms with E-state index >= 15 is 0 Å². The lowest BCUT2D eigenvalue weighted by Crippen LogP contribution is -2.07. The summed E-state index contributed by atoms with van der Waals surface area (Å²) in [6.07, 6.45) is 4.04. The third-order valence-corrected chi connectivity index (χ3v) is 3.59. The molecule has 1 aromatic rings. The summed E-state index contributed by atoms with van der Waals surface area (Å²) in [5, 5.41) is 0.414. The minimum Gasteiger partial charge on any atom is -0.339 e. The van der Waals surface area contributed by atoms with Gasteiger partial charge in [0.1, 0.15) is 5.03 Å². The maximum atomic E-state index is 11.3. The van der Waals surface area contributed by atoms with Gasteiger partial charge in [-0.05, 0) is 18.6 Å². The third-order valence-electron chi connectivity index (χ3n) is 1.70. The Labute approximate surface area is 92.2 Å². The third kappa shape index (κ3) is 2.98. The van der Waals surface area contributed by atoms with E-state index in [1.54, 1.807) is 16.7 Å². The van der Waals surface area contributed by atoms with Gasteiger partial charge in [-0.3, -0.25) is 0 Å². The van der Waals surface area contributed by atoms with E-state index in [2.05, 4.69) is 22.6 Å². The van der Waals surface area contributed by atoms with E-state index in [4.69, 9.17) is 0 Å². The Bertz CT molecular complexity index is 369. The second-order valence-electron chi connectivity index (χ2n) is 2.85. The van der Waals surface area contributed by atoms with Gasteiger partial charge in [-0.15, -0.1) is 0 Å². The first-order valence-corrected chi connectivity index (χ1v) is 7.38. The number of aryl methyl sites for hydroxylation is 1. The summed E-state index contributed by atoms with van der Waals surface area (Å²) in [6.45, 7) is 0.776. The molecule has 1 rings (SSSR count). The smallest absolute Gasteiger partial charge is 0.190 e. The lowest BCUT2D eigenvalue weighted by atomic mass is 10.5. The molecule has 0 atom stereocenters. The van der Waals surface area contributed by atoms with Crippen molar-refractivity contribution in [1.82, 2.24) is 4.57 Å². The summed E-state index contributed by atoms with van der Waals surface area (Å²) in [5.74, 6) is 0. The van der Waals surface area contributed by atoms with Crippen LogP contribution in [0.4, 0.5) is 0 Å². The highest BCUT2D eigenvalue weighted by atomic mass is 127. The number of sulfone groups is 1. The van der Waals surface area contributed by atoms with Gasteiger partial charge in [0.05, 0.1) is 0 Å². The van der Waals surface area contributed by atoms with Crippen LogP contribution in [0.3, 0.4) is 0 Å². The molecule has 0 amide bonds. The molecule has 0 unspecified atom stereocenters. The first-order chi connectivity index (χ1) is 6.05. The first-order valence-electron chi connectivity index (χ1n) is 3.97. The zero-order valence-corrected chi connectivity index (χ0v) is 10.4. The molecule has 13 heavy (non-hydrogen) atoms. The van der Waals surface area contributed by atoms with Crippen LogP contribution in [0.2, 0.25) is 0 Å². The summed E-state index contributed by atoms with van der Waals surface area (Å²) < 4.78 is 25.3. The van der Waals surface area contributed by atoms with Crippen LogP contribution in [0, 0.1) is 0 Å². The molecular weight excluding hydrogens is 301 g/mol. The Morgan fingerprint density at radius 2 is 2.23 bits per heavy atom. The Hall–Kier alpha value is -0.0400. The molecular formula is C8H12INO2S. The lowest BCUT2D eigenvalue weighted by molar-refractivity contribution is 0.574. The second-order valence-corrected chi connectivity index (χ2v) is 5.90. The van der Waals surface area contributed by atoms with Crippen LogP contribution in [0.15, 0.2) is 23.4 Å². The standard InChI is InChI=1S/C8H12INO2S/c1-13(11,12)8-4-2-6-10(8)7-3-5-9/h2,4,6H,3,5,7H2,1H3. The number of aromatic nitrogens is 1. The van der Waals surface area contributed by atoms with E-state index in [0.717, 1.165) is 17.4 Å². The van der Waals surface area contributed by atoms with E-state index in [0.29, 0.717) is 5.03 Å². The molecule has 5 heteroatoms. The highest BCUT2D eigenvalue weighted by Gasteiger charge is 2.11. The maximum absolute atomic E-state index is 11.3. The Balaban J connectivity index is 2.90. The van der Waals surface area contributed by atoms with E-state index in [-0.39, 0.29) is 0 Å². The quantitative estimate of drug-likeness (QED) is 0.627. The fourth-order valence-electron chi connectivity index (χ4n) is 1.15. The second kappa shape index (κ2) is 4.45. The number of halogens is 1. The predicted molar refractivity (Wildman–Crippen MR) is 61.0 cm³/mol. The molecule has 0 saturated heterocycles. The Morgan fingerprint density at radius 3 is 2.77 bits per heavy atom. The molecule has 74 valence electrons. The molecule has 1 aromatic heterocycles. The normalized spacial score (nSPS) is 11.8. The molecule has 3 nitrogen and oxygen atoms in total. The minimum absolute atomic E-state index is 0.414. The maximum Gasteiger partial charge on any atom is 0.190 e. The molecule has 0 spiro atoms. The van der Waals surface area contributed by atoms with E-state index in [1.807, 2.05) is 6.20 Å². The summed E-state index contributed by atoms with van der Waals surface area (Å²) in [6, 6.07) is 3.41.